The summed E-state index contributed by atoms with van der Waals surface area (Å²) < 4.78 is 13.9. The molecule has 3 heteroatoms. The summed E-state index contributed by atoms with van der Waals surface area (Å²) in [6, 6.07) is 14.5. The van der Waals surface area contributed by atoms with Crippen LogP contribution in [0.15, 0.2) is 48.5 Å². The summed E-state index contributed by atoms with van der Waals surface area (Å²) in [4.78, 5) is 0. The number of hydrogen-bond acceptors (Lipinski definition) is 2. The highest BCUT2D eigenvalue weighted by Gasteiger charge is 2.31. The Morgan fingerprint density at radius 3 is 2.30 bits per heavy atom. The normalized spacial score (nSPS) is 14.0. The van der Waals surface area contributed by atoms with Gasteiger partial charge in [0.15, 0.2) is 0 Å². The Morgan fingerprint density at radius 2 is 1.75 bits per heavy atom. The lowest BCUT2D eigenvalue weighted by Crippen LogP contribution is -2.41. The van der Waals surface area contributed by atoms with Crippen molar-refractivity contribution in [2.45, 2.75) is 18.8 Å². The first-order valence-corrected chi connectivity index (χ1v) is 6.73. The summed E-state index contributed by atoms with van der Waals surface area (Å²) in [6.45, 7) is 2.16. The summed E-state index contributed by atoms with van der Waals surface area (Å²) in [5.74, 6) is -0.258. The Kier molecular flexibility index (Phi) is 4.53. The first-order valence-electron chi connectivity index (χ1n) is 6.73. The van der Waals surface area contributed by atoms with Crippen LogP contribution in [0.1, 0.15) is 16.7 Å². The number of aliphatic hydroxyl groups excluding tert-OH is 1. The molecule has 2 nitrogen and oxygen atoms in total. The van der Waals surface area contributed by atoms with Crippen LogP contribution in [-0.2, 0) is 11.8 Å². The van der Waals surface area contributed by atoms with Gasteiger partial charge in [-0.25, -0.2) is 4.39 Å². The fourth-order valence-electron chi connectivity index (χ4n) is 2.42. The van der Waals surface area contributed by atoms with E-state index in [9.17, 15) is 9.50 Å². The van der Waals surface area contributed by atoms with Gasteiger partial charge in [-0.3, -0.25) is 0 Å². The molecule has 3 N–H and O–H groups in total. The van der Waals surface area contributed by atoms with Crippen molar-refractivity contribution < 1.29 is 9.50 Å². The maximum Gasteiger partial charge on any atom is 0.126 e. The van der Waals surface area contributed by atoms with Crippen LogP contribution in [0.4, 0.5) is 4.39 Å². The second kappa shape index (κ2) is 6.16. The zero-order chi connectivity index (χ0) is 14.6. The van der Waals surface area contributed by atoms with E-state index in [1.54, 1.807) is 18.2 Å². The third kappa shape index (κ3) is 2.89. The lowest BCUT2D eigenvalue weighted by atomic mass is 9.76. The first kappa shape index (κ1) is 14.7. The fraction of sp³-hybridized carbons (Fsp3) is 0.294. The van der Waals surface area contributed by atoms with Crippen LogP contribution in [0.2, 0.25) is 0 Å². The Labute approximate surface area is 119 Å². The van der Waals surface area contributed by atoms with Crippen LogP contribution < -0.4 is 5.73 Å². The van der Waals surface area contributed by atoms with Crippen molar-refractivity contribution in [1.29, 1.82) is 0 Å². The Bertz CT molecular complexity index is 561. The molecule has 0 saturated heterocycles. The van der Waals surface area contributed by atoms with Crippen LogP contribution >= 0.6 is 0 Å². The summed E-state index contributed by atoms with van der Waals surface area (Å²) in [7, 11) is 0. The van der Waals surface area contributed by atoms with E-state index in [0.717, 1.165) is 11.1 Å². The number of halogens is 1. The van der Waals surface area contributed by atoms with E-state index < -0.39 is 5.41 Å². The standard InChI is InChI=1S/C17H20FNO/c1-13-6-8-15(9-7-13)17(11-19,12-20)10-14-4-2-3-5-16(14)18/h2-9,20H,10-12,19H2,1H3. The molecule has 0 spiro atoms. The predicted octanol–water partition coefficient (Wildman–Crippen LogP) is 2.57. The van der Waals surface area contributed by atoms with E-state index in [0.29, 0.717) is 12.0 Å². The SMILES string of the molecule is Cc1ccc(C(CN)(CO)Cc2ccccc2F)cc1. The van der Waals surface area contributed by atoms with Crippen molar-refractivity contribution in [2.24, 2.45) is 5.73 Å². The second-order valence-electron chi connectivity index (χ2n) is 5.28. The van der Waals surface area contributed by atoms with Gasteiger partial charge in [0.05, 0.1) is 6.61 Å². The van der Waals surface area contributed by atoms with Crippen LogP contribution in [0.25, 0.3) is 0 Å². The number of hydrogen-bond donors (Lipinski definition) is 2. The molecule has 2 aromatic rings. The fourth-order valence-corrected chi connectivity index (χ4v) is 2.42. The molecule has 0 aliphatic heterocycles. The molecule has 0 bridgehead atoms. The molecular weight excluding hydrogens is 253 g/mol. The third-order valence-corrected chi connectivity index (χ3v) is 3.84. The quantitative estimate of drug-likeness (QED) is 0.879. The smallest absolute Gasteiger partial charge is 0.126 e. The molecule has 1 unspecified atom stereocenters. The minimum atomic E-state index is -0.643. The Balaban J connectivity index is 2.39. The van der Waals surface area contributed by atoms with Gasteiger partial charge in [-0.1, -0.05) is 48.0 Å². The number of benzene rings is 2. The molecule has 1 atom stereocenters. The number of rotatable bonds is 5. The van der Waals surface area contributed by atoms with Crippen molar-refractivity contribution in [3.8, 4) is 0 Å². The van der Waals surface area contributed by atoms with E-state index in [-0.39, 0.29) is 19.0 Å². The minimum Gasteiger partial charge on any atom is -0.395 e. The van der Waals surface area contributed by atoms with Crippen molar-refractivity contribution in [3.63, 3.8) is 0 Å². The molecular formula is C17H20FNO. The largest absolute Gasteiger partial charge is 0.395 e. The lowest BCUT2D eigenvalue weighted by Gasteiger charge is -2.31. The van der Waals surface area contributed by atoms with E-state index in [1.165, 1.54) is 6.07 Å². The van der Waals surface area contributed by atoms with Gasteiger partial charge >= 0.3 is 0 Å². The van der Waals surface area contributed by atoms with Gasteiger partial charge in [0.1, 0.15) is 5.82 Å². The van der Waals surface area contributed by atoms with Gasteiger partial charge in [0.2, 0.25) is 0 Å². The minimum absolute atomic E-state index is 0.110. The van der Waals surface area contributed by atoms with E-state index in [1.807, 2.05) is 31.2 Å². The average molecular weight is 273 g/mol. The highest BCUT2D eigenvalue weighted by molar-refractivity contribution is 5.33. The van der Waals surface area contributed by atoms with Gasteiger partial charge in [-0.2, -0.15) is 0 Å². The van der Waals surface area contributed by atoms with Crippen molar-refractivity contribution in [3.05, 3.63) is 71.0 Å². The maximum atomic E-state index is 13.9. The monoisotopic (exact) mass is 273 g/mol. The van der Waals surface area contributed by atoms with Crippen LogP contribution in [0, 0.1) is 12.7 Å². The van der Waals surface area contributed by atoms with Crippen molar-refractivity contribution in [2.75, 3.05) is 13.2 Å². The summed E-state index contributed by atoms with van der Waals surface area (Å²) >= 11 is 0. The molecule has 2 aromatic carbocycles. The summed E-state index contributed by atoms with van der Waals surface area (Å²) in [6.07, 6.45) is 0.385. The average Bonchev–Trinajstić information content (AvgIpc) is 2.48. The van der Waals surface area contributed by atoms with E-state index in [4.69, 9.17) is 5.73 Å². The zero-order valence-corrected chi connectivity index (χ0v) is 11.6. The summed E-state index contributed by atoms with van der Waals surface area (Å²) in [5, 5.41) is 9.85. The maximum absolute atomic E-state index is 13.9. The summed E-state index contributed by atoms with van der Waals surface area (Å²) in [5.41, 5.74) is 7.92. The molecule has 20 heavy (non-hydrogen) atoms. The molecule has 0 heterocycles. The molecule has 0 aromatic heterocycles. The highest BCUT2D eigenvalue weighted by atomic mass is 19.1. The molecule has 0 aliphatic carbocycles. The topological polar surface area (TPSA) is 46.2 Å². The van der Waals surface area contributed by atoms with Crippen LogP contribution in [0.3, 0.4) is 0 Å². The highest BCUT2D eigenvalue weighted by Crippen LogP contribution is 2.28. The molecule has 0 radical (unpaired) electrons. The second-order valence-corrected chi connectivity index (χ2v) is 5.28. The van der Waals surface area contributed by atoms with Crippen molar-refractivity contribution >= 4 is 0 Å². The molecule has 106 valence electrons. The predicted molar refractivity (Wildman–Crippen MR) is 79.1 cm³/mol. The number of nitrogens with two attached hydrogens (primary N) is 1. The van der Waals surface area contributed by atoms with Gasteiger partial charge in [-0.05, 0) is 30.5 Å². The van der Waals surface area contributed by atoms with Gasteiger partial charge < -0.3 is 10.8 Å². The third-order valence-electron chi connectivity index (χ3n) is 3.84. The van der Waals surface area contributed by atoms with Gasteiger partial charge in [-0.15, -0.1) is 0 Å². The molecule has 0 fully saturated rings. The molecule has 2 rings (SSSR count). The van der Waals surface area contributed by atoms with E-state index >= 15 is 0 Å². The number of aliphatic hydroxyl groups is 1. The Hall–Kier alpha value is -1.71. The van der Waals surface area contributed by atoms with Gasteiger partial charge in [0.25, 0.3) is 0 Å². The Morgan fingerprint density at radius 1 is 1.10 bits per heavy atom. The van der Waals surface area contributed by atoms with Crippen molar-refractivity contribution in [1.82, 2.24) is 0 Å². The van der Waals surface area contributed by atoms with Crippen LogP contribution in [-0.4, -0.2) is 18.3 Å². The molecule has 0 aliphatic rings. The van der Waals surface area contributed by atoms with Crippen LogP contribution in [0.5, 0.6) is 0 Å². The number of aryl methyl sites for hydroxylation is 1. The van der Waals surface area contributed by atoms with E-state index in [2.05, 4.69) is 0 Å². The zero-order valence-electron chi connectivity index (χ0n) is 11.6. The van der Waals surface area contributed by atoms with Gasteiger partial charge in [0, 0.05) is 12.0 Å². The first-order chi connectivity index (χ1) is 9.61. The molecule has 0 amide bonds. The molecule has 0 saturated carbocycles. The lowest BCUT2D eigenvalue weighted by molar-refractivity contribution is 0.195.